The summed E-state index contributed by atoms with van der Waals surface area (Å²) in [5.41, 5.74) is 1.53. The molecule has 50 heavy (non-hydrogen) atoms. The van der Waals surface area contributed by atoms with E-state index < -0.39 is 23.6 Å². The molecular weight excluding hydrogens is 710 g/mol. The Morgan fingerprint density at radius 3 is 2.42 bits per heavy atom. The van der Waals surface area contributed by atoms with Crippen LogP contribution in [-0.2, 0) is 25.5 Å². The van der Waals surface area contributed by atoms with Crippen LogP contribution < -0.4 is 5.32 Å². The Kier molecular flexibility index (Phi) is 10.2. The summed E-state index contributed by atoms with van der Waals surface area (Å²) >= 11 is 15.3. The molecule has 8 rings (SSSR count). The van der Waals surface area contributed by atoms with Gasteiger partial charge in [-0.05, 0) is 138 Å². The minimum Gasteiger partial charge on any atom is -0.464 e. The molecule has 1 atom stereocenters. The van der Waals surface area contributed by atoms with Crippen molar-refractivity contribution in [1.82, 2.24) is 15.1 Å². The average Bonchev–Trinajstić information content (AvgIpc) is 3.56. The van der Waals surface area contributed by atoms with Crippen LogP contribution in [0.3, 0.4) is 0 Å². The quantitative estimate of drug-likeness (QED) is 0.113. The number of nitrogens with one attached hydrogen (secondary N) is 1. The number of thioether (sulfide) groups is 1. The van der Waals surface area contributed by atoms with Gasteiger partial charge in [0, 0.05) is 26.4 Å². The Morgan fingerprint density at radius 1 is 1.04 bits per heavy atom. The van der Waals surface area contributed by atoms with E-state index in [1.54, 1.807) is 32.1 Å². The van der Waals surface area contributed by atoms with Crippen LogP contribution in [0.1, 0.15) is 89.0 Å². The van der Waals surface area contributed by atoms with Crippen LogP contribution in [0.5, 0.6) is 0 Å². The zero-order valence-corrected chi connectivity index (χ0v) is 32.0. The molecule has 12 heteroatoms. The summed E-state index contributed by atoms with van der Waals surface area (Å²) in [6.07, 6.45) is 11.4. The zero-order chi connectivity index (χ0) is 35.3. The number of unbranched alkanes of at least 4 members (excludes halogenated alkanes) is 2. The van der Waals surface area contributed by atoms with Crippen molar-refractivity contribution in [3.8, 4) is 10.4 Å². The fourth-order valence-corrected chi connectivity index (χ4v) is 11.8. The van der Waals surface area contributed by atoms with E-state index >= 15 is 0 Å². The molecule has 2 aromatic rings. The third kappa shape index (κ3) is 7.30. The maximum absolute atomic E-state index is 14.0. The third-order valence-electron chi connectivity index (χ3n) is 10.9. The summed E-state index contributed by atoms with van der Waals surface area (Å²) in [4.78, 5) is 57.7. The summed E-state index contributed by atoms with van der Waals surface area (Å²) in [6, 6.07) is 8.72. The first kappa shape index (κ1) is 35.7. The van der Waals surface area contributed by atoms with Gasteiger partial charge in [-0.1, -0.05) is 47.7 Å². The van der Waals surface area contributed by atoms with Gasteiger partial charge < -0.3 is 10.1 Å². The Morgan fingerprint density at radius 2 is 1.76 bits per heavy atom. The minimum atomic E-state index is -0.969. The van der Waals surface area contributed by atoms with E-state index in [1.807, 2.05) is 29.2 Å². The Bertz CT molecular complexity index is 1700. The highest BCUT2D eigenvalue weighted by Crippen LogP contribution is 2.56. The van der Waals surface area contributed by atoms with Crippen molar-refractivity contribution < 1.29 is 23.9 Å². The van der Waals surface area contributed by atoms with Gasteiger partial charge in [0.05, 0.1) is 17.9 Å². The van der Waals surface area contributed by atoms with Gasteiger partial charge in [-0.15, -0.1) is 11.3 Å². The van der Waals surface area contributed by atoms with Gasteiger partial charge in [-0.2, -0.15) is 0 Å². The first-order valence-corrected chi connectivity index (χ1v) is 20.2. The lowest BCUT2D eigenvalue weighted by molar-refractivity contribution is -0.150. The Hall–Kier alpha value is -2.73. The van der Waals surface area contributed by atoms with E-state index in [0.29, 0.717) is 32.5 Å². The maximum Gasteiger partial charge on any atom is 0.329 e. The van der Waals surface area contributed by atoms with Gasteiger partial charge in [-0.25, -0.2) is 9.59 Å². The summed E-state index contributed by atoms with van der Waals surface area (Å²) in [7, 11) is 0. The number of nitrogens with zero attached hydrogens (tertiary/aromatic N) is 2. The predicted octanol–water partition coefficient (Wildman–Crippen LogP) is 8.46. The van der Waals surface area contributed by atoms with Crippen LogP contribution >= 0.6 is 46.9 Å². The molecule has 0 spiro atoms. The molecule has 1 aromatic heterocycles. The topological polar surface area (TPSA) is 96.0 Å². The van der Waals surface area contributed by atoms with Gasteiger partial charge in [0.25, 0.3) is 5.91 Å². The monoisotopic (exact) mass is 753 g/mol. The highest BCUT2D eigenvalue weighted by molar-refractivity contribution is 8.26. The lowest BCUT2D eigenvalue weighted by atomic mass is 9.54. The Balaban J connectivity index is 0.984. The third-order valence-corrected chi connectivity index (χ3v) is 13.7. The largest absolute Gasteiger partial charge is 0.464 e. The zero-order valence-electron chi connectivity index (χ0n) is 28.7. The number of carbonyl (C=O) groups is 4. The number of aryl methyl sites for hydroxylation is 1. The SMILES string of the molecule is CC(C)(C)N1C(=O)C[C@@H](C(=O)OCCCCCc2cc(-c3cccc(Cl)c3)sc2/C=C2\SC(=S)N(C3C4CC5CC(C4)CC3C5)C2=O)NC1=O. The molecule has 2 saturated heterocycles. The minimum absolute atomic E-state index is 0.0601. The van der Waals surface area contributed by atoms with Crippen molar-refractivity contribution in [2.75, 3.05) is 6.61 Å². The molecule has 4 aliphatic carbocycles. The van der Waals surface area contributed by atoms with Crippen LogP contribution in [-0.4, -0.2) is 62.2 Å². The second-order valence-electron chi connectivity index (χ2n) is 15.6. The van der Waals surface area contributed by atoms with Crippen molar-refractivity contribution in [2.45, 2.75) is 103 Å². The van der Waals surface area contributed by atoms with E-state index in [-0.39, 0.29) is 30.9 Å². The number of thiocarbonyl (C=S) groups is 1. The maximum atomic E-state index is 14.0. The molecule has 8 nitrogen and oxygen atoms in total. The first-order valence-electron chi connectivity index (χ1n) is 17.8. The van der Waals surface area contributed by atoms with E-state index in [1.165, 1.54) is 43.9 Å². The van der Waals surface area contributed by atoms with Gasteiger partial charge in [0.1, 0.15) is 10.4 Å². The number of hydrogen-bond donors (Lipinski definition) is 1. The van der Waals surface area contributed by atoms with Gasteiger partial charge in [0.2, 0.25) is 5.91 Å². The number of urea groups is 1. The van der Waals surface area contributed by atoms with Gasteiger partial charge in [-0.3, -0.25) is 19.4 Å². The summed E-state index contributed by atoms with van der Waals surface area (Å²) in [5, 5.41) is 3.29. The van der Waals surface area contributed by atoms with E-state index in [2.05, 4.69) is 17.4 Å². The molecule has 4 saturated carbocycles. The van der Waals surface area contributed by atoms with Crippen molar-refractivity contribution in [2.24, 2.45) is 23.7 Å². The summed E-state index contributed by atoms with van der Waals surface area (Å²) in [5.74, 6) is 1.89. The normalized spacial score (nSPS) is 28.6. The molecular formula is C38H44ClN3O5S3. The first-order chi connectivity index (χ1) is 23.9. The molecule has 4 bridgehead atoms. The molecule has 266 valence electrons. The number of carbonyl (C=O) groups excluding carboxylic acids is 4. The number of benzene rings is 1. The number of imide groups is 1. The molecule has 6 fully saturated rings. The predicted molar refractivity (Wildman–Crippen MR) is 203 cm³/mol. The molecule has 0 radical (unpaired) electrons. The standard InChI is InChI=1S/C38H44ClN3O5S3/c1-38(2,3)42-32(43)19-28(40-36(42)46)35(45)47-11-6-4-5-8-24-18-29(23-9-7-10-27(39)17-23)49-30(24)20-31-34(44)41(37(48)50-31)33-25-13-21-12-22(15-25)16-26(33)14-21/h7,9-10,17-18,20-22,25-26,28,33H,4-6,8,11-16,19H2,1-3H3,(H,40,46)/b31-20-/t21?,22?,25?,26?,28-,33?/m0/s1. The van der Waals surface area contributed by atoms with Crippen LogP contribution in [0.2, 0.25) is 5.02 Å². The van der Waals surface area contributed by atoms with Crippen LogP contribution in [0.4, 0.5) is 4.79 Å². The number of ether oxygens (including phenoxy) is 1. The van der Waals surface area contributed by atoms with Gasteiger partial charge in [0.15, 0.2) is 0 Å². The van der Waals surface area contributed by atoms with Crippen molar-refractivity contribution >= 4 is 81.1 Å². The summed E-state index contributed by atoms with van der Waals surface area (Å²) < 4.78 is 6.15. The fourth-order valence-electron chi connectivity index (χ4n) is 9.05. The molecule has 0 unspecified atom stereocenters. The smallest absolute Gasteiger partial charge is 0.329 e. The molecule has 1 aromatic carbocycles. The molecule has 1 N–H and O–H groups in total. The highest BCUT2D eigenvalue weighted by atomic mass is 35.5. The van der Waals surface area contributed by atoms with Crippen molar-refractivity contribution in [1.29, 1.82) is 0 Å². The number of thiophene rings is 1. The van der Waals surface area contributed by atoms with Crippen LogP contribution in [0.15, 0.2) is 35.2 Å². The number of rotatable bonds is 10. The molecule has 4 amide bonds. The average molecular weight is 754 g/mol. The summed E-state index contributed by atoms with van der Waals surface area (Å²) in [6.45, 7) is 5.53. The lowest BCUT2D eigenvalue weighted by Gasteiger charge is -2.56. The number of halogens is 1. The van der Waals surface area contributed by atoms with Crippen molar-refractivity contribution in [3.05, 3.63) is 50.7 Å². The Labute approximate surface area is 312 Å². The fraction of sp³-hybridized carbons (Fsp3) is 0.553. The highest BCUT2D eigenvalue weighted by Gasteiger charge is 2.53. The van der Waals surface area contributed by atoms with E-state index in [9.17, 15) is 19.2 Å². The van der Waals surface area contributed by atoms with Crippen LogP contribution in [0.25, 0.3) is 16.5 Å². The van der Waals surface area contributed by atoms with Crippen LogP contribution in [0, 0.1) is 23.7 Å². The molecule has 6 aliphatic rings. The van der Waals surface area contributed by atoms with Gasteiger partial charge >= 0.3 is 12.0 Å². The number of hydrogen-bond acceptors (Lipinski definition) is 8. The second kappa shape index (κ2) is 14.4. The molecule has 3 heterocycles. The second-order valence-corrected chi connectivity index (χ2v) is 18.8. The van der Waals surface area contributed by atoms with Crippen molar-refractivity contribution in [3.63, 3.8) is 0 Å². The molecule has 2 aliphatic heterocycles. The van der Waals surface area contributed by atoms with E-state index in [4.69, 9.17) is 28.6 Å². The van der Waals surface area contributed by atoms with E-state index in [0.717, 1.165) is 56.9 Å². The number of amides is 4. The number of esters is 1. The lowest BCUT2D eigenvalue weighted by Crippen LogP contribution is -2.62.